The van der Waals surface area contributed by atoms with Crippen molar-refractivity contribution in [2.75, 3.05) is 11.9 Å². The molecule has 1 aliphatic heterocycles. The molecule has 0 saturated carbocycles. The Morgan fingerprint density at radius 2 is 1.92 bits per heavy atom. The highest BCUT2D eigenvalue weighted by molar-refractivity contribution is 6.15. The Labute approximate surface area is 149 Å². The zero-order valence-corrected chi connectivity index (χ0v) is 14.0. The second kappa shape index (κ2) is 7.10. The standard InChI is InChI=1S/C19H17N3O4/c1-12-5-7-14(8-6-12)20-17(24)11-22-18(25)16(21-19(22)26)10-13-3-2-4-15(23)9-13/h2-10,23H,11H2,1H3,(H,20,24)(H,21,26)/b16-10-. The molecule has 26 heavy (non-hydrogen) atoms. The molecule has 0 aliphatic carbocycles. The molecule has 7 nitrogen and oxygen atoms in total. The number of rotatable bonds is 4. The number of hydrogen-bond donors (Lipinski definition) is 3. The van der Waals surface area contributed by atoms with Gasteiger partial charge in [0.25, 0.3) is 5.91 Å². The molecule has 0 atom stereocenters. The molecule has 7 heteroatoms. The van der Waals surface area contributed by atoms with E-state index in [1.807, 2.05) is 19.1 Å². The van der Waals surface area contributed by atoms with Crippen LogP contribution in [-0.4, -0.2) is 34.4 Å². The van der Waals surface area contributed by atoms with Crippen molar-refractivity contribution < 1.29 is 19.5 Å². The van der Waals surface area contributed by atoms with Gasteiger partial charge in [0, 0.05) is 5.69 Å². The van der Waals surface area contributed by atoms with Crippen LogP contribution in [0.15, 0.2) is 54.2 Å². The van der Waals surface area contributed by atoms with E-state index in [2.05, 4.69) is 10.6 Å². The molecule has 0 aromatic heterocycles. The van der Waals surface area contributed by atoms with Gasteiger partial charge in [-0.3, -0.25) is 9.59 Å². The largest absolute Gasteiger partial charge is 0.508 e. The summed E-state index contributed by atoms with van der Waals surface area (Å²) in [6.07, 6.45) is 1.44. The molecule has 2 aromatic rings. The highest BCUT2D eigenvalue weighted by Crippen LogP contribution is 2.17. The first-order chi connectivity index (χ1) is 12.4. The number of aryl methyl sites for hydroxylation is 1. The molecule has 1 fully saturated rings. The number of hydrogen-bond acceptors (Lipinski definition) is 4. The van der Waals surface area contributed by atoms with Crippen LogP contribution in [0.25, 0.3) is 6.08 Å². The van der Waals surface area contributed by atoms with Crippen LogP contribution < -0.4 is 10.6 Å². The Balaban J connectivity index is 1.69. The summed E-state index contributed by atoms with van der Waals surface area (Å²) in [5.74, 6) is -1.03. The van der Waals surface area contributed by atoms with Crippen LogP contribution in [0.1, 0.15) is 11.1 Å². The van der Waals surface area contributed by atoms with Gasteiger partial charge in [-0.1, -0.05) is 29.8 Å². The number of carbonyl (C=O) groups excluding carboxylic acids is 3. The summed E-state index contributed by atoms with van der Waals surface area (Å²) < 4.78 is 0. The van der Waals surface area contributed by atoms with E-state index in [1.54, 1.807) is 24.3 Å². The number of phenolic OH excluding ortho intramolecular Hbond substituents is 1. The van der Waals surface area contributed by atoms with Crippen LogP contribution in [0.5, 0.6) is 5.75 Å². The third kappa shape index (κ3) is 3.89. The summed E-state index contributed by atoms with van der Waals surface area (Å²) in [6, 6.07) is 12.8. The number of aromatic hydroxyl groups is 1. The number of nitrogens with one attached hydrogen (secondary N) is 2. The molecule has 0 bridgehead atoms. The van der Waals surface area contributed by atoms with Crippen LogP contribution >= 0.6 is 0 Å². The Morgan fingerprint density at radius 1 is 1.19 bits per heavy atom. The summed E-state index contributed by atoms with van der Waals surface area (Å²) in [4.78, 5) is 37.3. The molecular weight excluding hydrogens is 334 g/mol. The summed E-state index contributed by atoms with van der Waals surface area (Å²) in [6.45, 7) is 1.54. The molecular formula is C19H17N3O4. The summed E-state index contributed by atoms with van der Waals surface area (Å²) in [5, 5.41) is 14.5. The smallest absolute Gasteiger partial charge is 0.329 e. The maximum absolute atomic E-state index is 12.4. The number of imide groups is 1. The second-order valence-corrected chi connectivity index (χ2v) is 5.89. The van der Waals surface area contributed by atoms with Crippen LogP contribution in [0.4, 0.5) is 10.5 Å². The first-order valence-electron chi connectivity index (χ1n) is 7.92. The fraction of sp³-hybridized carbons (Fsp3) is 0.105. The Kier molecular flexibility index (Phi) is 4.70. The molecule has 2 aromatic carbocycles. The lowest BCUT2D eigenvalue weighted by atomic mass is 10.2. The van der Waals surface area contributed by atoms with Crippen molar-refractivity contribution in [1.82, 2.24) is 10.2 Å². The van der Waals surface area contributed by atoms with Crippen LogP contribution in [0.2, 0.25) is 0 Å². The zero-order valence-electron chi connectivity index (χ0n) is 14.0. The van der Waals surface area contributed by atoms with E-state index in [1.165, 1.54) is 18.2 Å². The van der Waals surface area contributed by atoms with Gasteiger partial charge < -0.3 is 15.7 Å². The van der Waals surface area contributed by atoms with Crippen molar-refractivity contribution in [2.24, 2.45) is 0 Å². The quantitative estimate of drug-likeness (QED) is 0.581. The monoisotopic (exact) mass is 351 g/mol. The number of anilines is 1. The first-order valence-corrected chi connectivity index (χ1v) is 7.92. The topological polar surface area (TPSA) is 98.7 Å². The van der Waals surface area contributed by atoms with Gasteiger partial charge in [-0.2, -0.15) is 0 Å². The zero-order chi connectivity index (χ0) is 18.7. The van der Waals surface area contributed by atoms with Crippen LogP contribution in [-0.2, 0) is 9.59 Å². The molecule has 3 N–H and O–H groups in total. The van der Waals surface area contributed by atoms with E-state index in [0.717, 1.165) is 10.5 Å². The molecule has 4 amide bonds. The first kappa shape index (κ1) is 17.2. The molecule has 3 rings (SSSR count). The summed E-state index contributed by atoms with van der Waals surface area (Å²) >= 11 is 0. The average molecular weight is 351 g/mol. The molecule has 1 aliphatic rings. The van der Waals surface area contributed by atoms with Gasteiger partial charge in [-0.25, -0.2) is 9.69 Å². The molecule has 132 valence electrons. The third-order valence-electron chi connectivity index (χ3n) is 3.78. The minimum absolute atomic E-state index is 0.0451. The number of nitrogens with zero attached hydrogens (tertiary/aromatic N) is 1. The lowest BCUT2D eigenvalue weighted by Gasteiger charge is -2.12. The normalized spacial score (nSPS) is 15.3. The molecule has 1 saturated heterocycles. The van der Waals surface area contributed by atoms with E-state index < -0.39 is 24.4 Å². The maximum atomic E-state index is 12.4. The van der Waals surface area contributed by atoms with Gasteiger partial charge in [0.1, 0.15) is 18.0 Å². The van der Waals surface area contributed by atoms with Gasteiger partial charge in [0.05, 0.1) is 0 Å². The highest BCUT2D eigenvalue weighted by Gasteiger charge is 2.34. The minimum atomic E-state index is -0.666. The molecule has 0 unspecified atom stereocenters. The van der Waals surface area contributed by atoms with E-state index in [9.17, 15) is 19.5 Å². The van der Waals surface area contributed by atoms with E-state index >= 15 is 0 Å². The number of phenols is 1. The number of amides is 4. The van der Waals surface area contributed by atoms with E-state index in [-0.39, 0.29) is 11.4 Å². The van der Waals surface area contributed by atoms with Gasteiger partial charge in [0.2, 0.25) is 5.91 Å². The number of carbonyl (C=O) groups is 3. The van der Waals surface area contributed by atoms with Crippen molar-refractivity contribution >= 4 is 29.6 Å². The van der Waals surface area contributed by atoms with E-state index in [4.69, 9.17) is 0 Å². The maximum Gasteiger partial charge on any atom is 0.329 e. The predicted octanol–water partition coefficient (Wildman–Crippen LogP) is 2.23. The average Bonchev–Trinajstić information content (AvgIpc) is 2.84. The minimum Gasteiger partial charge on any atom is -0.508 e. The van der Waals surface area contributed by atoms with E-state index in [0.29, 0.717) is 11.3 Å². The molecule has 0 radical (unpaired) electrons. The van der Waals surface area contributed by atoms with Crippen LogP contribution in [0, 0.1) is 6.92 Å². The molecule has 1 heterocycles. The summed E-state index contributed by atoms with van der Waals surface area (Å²) in [5.41, 5.74) is 2.24. The van der Waals surface area contributed by atoms with Gasteiger partial charge in [0.15, 0.2) is 0 Å². The van der Waals surface area contributed by atoms with Crippen molar-refractivity contribution in [1.29, 1.82) is 0 Å². The molecule has 0 spiro atoms. The Bertz CT molecular complexity index is 903. The van der Waals surface area contributed by atoms with Crippen molar-refractivity contribution in [3.63, 3.8) is 0 Å². The fourth-order valence-electron chi connectivity index (χ4n) is 2.48. The lowest BCUT2D eigenvalue weighted by molar-refractivity contribution is -0.127. The van der Waals surface area contributed by atoms with Crippen molar-refractivity contribution in [3.05, 3.63) is 65.4 Å². The fourth-order valence-corrected chi connectivity index (χ4v) is 2.48. The van der Waals surface area contributed by atoms with Gasteiger partial charge >= 0.3 is 6.03 Å². The SMILES string of the molecule is Cc1ccc(NC(=O)CN2C(=O)N/C(=C\c3cccc(O)c3)C2=O)cc1. The third-order valence-corrected chi connectivity index (χ3v) is 3.78. The Hall–Kier alpha value is -3.61. The predicted molar refractivity (Wildman–Crippen MR) is 96.1 cm³/mol. The second-order valence-electron chi connectivity index (χ2n) is 5.89. The number of benzene rings is 2. The van der Waals surface area contributed by atoms with Crippen LogP contribution in [0.3, 0.4) is 0 Å². The van der Waals surface area contributed by atoms with Crippen molar-refractivity contribution in [3.8, 4) is 5.75 Å². The lowest BCUT2D eigenvalue weighted by Crippen LogP contribution is -2.38. The van der Waals surface area contributed by atoms with Crippen molar-refractivity contribution in [2.45, 2.75) is 6.92 Å². The number of urea groups is 1. The summed E-state index contributed by atoms with van der Waals surface area (Å²) in [7, 11) is 0. The highest BCUT2D eigenvalue weighted by atomic mass is 16.3. The Morgan fingerprint density at radius 3 is 2.62 bits per heavy atom. The van der Waals surface area contributed by atoms with Gasteiger partial charge in [-0.15, -0.1) is 0 Å². The van der Waals surface area contributed by atoms with Gasteiger partial charge in [-0.05, 0) is 42.8 Å².